The largest absolute Gasteiger partial charge is 0.458 e. The first-order valence-electron chi connectivity index (χ1n) is 41.6. The number of benzene rings is 3. The summed E-state index contributed by atoms with van der Waals surface area (Å²) in [5.41, 5.74) is -6.74. The molecule has 3 aromatic carbocycles. The highest BCUT2D eigenvalue weighted by Crippen LogP contribution is 2.72. The van der Waals surface area contributed by atoms with Gasteiger partial charge in [0.15, 0.2) is 17.0 Å². The van der Waals surface area contributed by atoms with Gasteiger partial charge in [-0.15, -0.1) is 0 Å². The van der Waals surface area contributed by atoms with Crippen LogP contribution < -0.4 is 0 Å². The number of allylic oxidation sites excluding steroid dienone is 4. The average molecular weight is 1610 g/mol. The molecule has 3 radical (unpaired) electrons. The number of hydrogen-bond acceptors (Lipinski definition) is 21. The Hall–Kier alpha value is -7.54. The Balaban J connectivity index is 0.000000161. The zero-order valence-electron chi connectivity index (χ0n) is 71.8. The highest BCUT2D eigenvalue weighted by Gasteiger charge is 2.81. The summed E-state index contributed by atoms with van der Waals surface area (Å²) in [7, 11) is 0. The maximum Gasteiger partial charge on any atom is 0.338 e. The van der Waals surface area contributed by atoms with Gasteiger partial charge >= 0.3 is 29.8 Å². The summed E-state index contributed by atoms with van der Waals surface area (Å²) in [5, 5.41) is 59.1. The first kappa shape index (κ1) is 88.7. The molecular weight excluding hydrogens is 1490 g/mol. The molecule has 0 aromatic heterocycles. The van der Waals surface area contributed by atoms with E-state index in [9.17, 15) is 63.9 Å². The van der Waals surface area contributed by atoms with Crippen molar-refractivity contribution < 1.29 is 102 Å². The van der Waals surface area contributed by atoms with Crippen molar-refractivity contribution in [2.24, 2.45) is 96.6 Å². The van der Waals surface area contributed by atoms with Crippen LogP contribution in [0.2, 0.25) is 0 Å². The van der Waals surface area contributed by atoms with Crippen LogP contribution >= 0.6 is 0 Å². The highest BCUT2D eigenvalue weighted by molar-refractivity contribution is 5.96. The molecule has 9 aliphatic carbocycles. The van der Waals surface area contributed by atoms with Crippen LogP contribution in [0, 0.1) is 96.6 Å². The summed E-state index contributed by atoms with van der Waals surface area (Å²) >= 11 is 0. The summed E-state index contributed by atoms with van der Waals surface area (Å²) in [5.74, 6) is -6.43. The van der Waals surface area contributed by atoms with E-state index in [-0.39, 0.29) is 105 Å². The van der Waals surface area contributed by atoms with Gasteiger partial charge in [-0.1, -0.05) is 201 Å². The van der Waals surface area contributed by atoms with Crippen LogP contribution in [0.3, 0.4) is 0 Å². The Morgan fingerprint density at radius 1 is 0.444 bits per heavy atom. The van der Waals surface area contributed by atoms with Crippen LogP contribution in [0.25, 0.3) is 0 Å². The normalized spacial score (nSPS) is 42.6. The lowest BCUT2D eigenvalue weighted by Crippen LogP contribution is -2.81. The summed E-state index contributed by atoms with van der Waals surface area (Å²) in [4.78, 5) is 111. The lowest BCUT2D eigenvalue weighted by atomic mass is 9.39. The Labute approximate surface area is 691 Å². The molecule has 0 spiro atoms. The highest BCUT2D eigenvalue weighted by atomic mass is 16.6. The van der Waals surface area contributed by atoms with Crippen molar-refractivity contribution in [1.29, 1.82) is 0 Å². The van der Waals surface area contributed by atoms with Crippen LogP contribution in [0.5, 0.6) is 0 Å². The molecule has 6 bridgehead atoms. The molecule has 6 saturated carbocycles. The van der Waals surface area contributed by atoms with Crippen molar-refractivity contribution in [2.75, 3.05) is 19.8 Å². The van der Waals surface area contributed by atoms with Crippen molar-refractivity contribution in [3.63, 3.8) is 0 Å². The number of aliphatic hydroxyl groups is 5. The molecule has 21 nitrogen and oxygen atoms in total. The second-order valence-electron chi connectivity index (χ2n) is 39.2. The van der Waals surface area contributed by atoms with Crippen LogP contribution in [0.1, 0.15) is 208 Å². The Bertz CT molecular complexity index is 4400. The molecular formula is C95H122BO21. The quantitative estimate of drug-likeness (QED) is 0.0414. The van der Waals surface area contributed by atoms with E-state index in [1.165, 1.54) is 35.8 Å². The monoisotopic (exact) mass is 1610 g/mol. The molecule has 3 unspecified atom stereocenters. The SMILES string of the molecule is C=CC(=O)O[C@@]12CO[C@@H]1C[C@H](C)[C@@]1(C)C(=O)[C@H](C)C3=C(C)[C@@H](C)C[C@@](C)([C@@H](OC(=O)c4ccccc4)C12)C3(C)C.C=CC(=O)O[C@@]12CO[C@@H]1C[C@H](O)[C@@]1(C)C(=O)[C@H](O)C3=C(C)[C@@H](O)C[C@@](O)([C@@H](OC(=O)c4ccccc4)C12)C3(C)C.CC1=C2[C@@H](C)C(=O)[C@@]3(C)C([C@H](OC(=O)c4ccccc4)[C@](C)(C[C@@H]1C)C2(C)C)[C@]1(O)CO[C@@H]1C[C@@H]3C.[B]. The van der Waals surface area contributed by atoms with Crippen molar-refractivity contribution >= 4 is 55.6 Å². The van der Waals surface area contributed by atoms with Crippen molar-refractivity contribution in [1.82, 2.24) is 0 Å². The Morgan fingerprint density at radius 2 is 0.803 bits per heavy atom. The van der Waals surface area contributed by atoms with Crippen molar-refractivity contribution in [2.45, 2.75) is 254 Å². The number of fused-ring (bicyclic) bond motifs is 15. The van der Waals surface area contributed by atoms with E-state index >= 15 is 0 Å². The molecule has 9 fully saturated rings. The zero-order chi connectivity index (χ0) is 85.2. The summed E-state index contributed by atoms with van der Waals surface area (Å²) < 4.78 is 49.3. The standard InChI is InChI=1S/C34H44O6.C31H42O5.C30H36O10.B/c1-10-25(35)40-34-18-38-24(34)16-20(3)33(9)27(34)29(39-30(37)23-14-12-11-13-15-23)32(8)17-19(2)21(4)26(31(32,6)7)22(5)28(33)36;1-17-15-29(7)26(36-27(33)21-12-10-9-11-13-21)24-30(8,18(2)14-22-31(24,34)16-35-22)25(32)20(4)23(19(17)3)28(29,5)6;1-6-20(33)40-29-14-38-19(29)12-18(32)28(5)23(29)25(39-26(36)16-10-8-7-9-11-16)30(37)13-17(31)15(2)21(27(30,3)4)22(34)24(28)35;/h10-15,19-20,22,24,27,29H,1,16-18H2,2-9H3;9-13,17-18,20,22,24,26,34H,14-16H2,1-8H3;6-11,17-19,22-23,25,31-32,34,37H,1,12-14H2,2-5H3;/t19-,20-,22+,24+,27?,29-,32-,33+,34-;17-,18-,20+,22+,24?,26-,29-,30+,31-;17-,18-,19+,22+,23?,25-,28+,29-,30+;/m000./s1. The smallest absolute Gasteiger partial charge is 0.338 e. The lowest BCUT2D eigenvalue weighted by molar-refractivity contribution is -0.345. The molecule has 15 rings (SSSR count). The predicted octanol–water partition coefficient (Wildman–Crippen LogP) is 12.8. The Kier molecular flexibility index (Phi) is 23.0. The lowest BCUT2D eigenvalue weighted by Gasteiger charge is -2.69. The number of aliphatic hydroxyl groups excluding tert-OH is 3. The van der Waals surface area contributed by atoms with Gasteiger partial charge < -0.3 is 63.4 Å². The number of ketones is 3. The van der Waals surface area contributed by atoms with Gasteiger partial charge in [0.1, 0.15) is 59.4 Å². The third-order valence-electron chi connectivity index (χ3n) is 33.2. The van der Waals surface area contributed by atoms with Crippen molar-refractivity contribution in [3.05, 3.63) is 166 Å². The number of rotatable bonds is 10. The van der Waals surface area contributed by atoms with Gasteiger partial charge in [-0.05, 0) is 135 Å². The fraction of sp³-hybridized carbons (Fsp3) is 0.621. The van der Waals surface area contributed by atoms with Crippen LogP contribution in [0.15, 0.2) is 150 Å². The van der Waals surface area contributed by atoms with E-state index < -0.39 is 168 Å². The summed E-state index contributed by atoms with van der Waals surface area (Å²) in [6.45, 7) is 47.7. The van der Waals surface area contributed by atoms with Crippen LogP contribution in [-0.4, -0.2) is 178 Å². The maximum atomic E-state index is 14.9. The number of carbonyl (C=O) groups is 8. The second kappa shape index (κ2) is 30.3. The van der Waals surface area contributed by atoms with Gasteiger partial charge in [-0.3, -0.25) is 14.4 Å². The van der Waals surface area contributed by atoms with E-state index in [4.69, 9.17) is 37.9 Å². The number of hydrogen-bond donors (Lipinski definition) is 5. The molecule has 5 N–H and O–H groups in total. The summed E-state index contributed by atoms with van der Waals surface area (Å²) in [6, 6.07) is 26.1. The number of ether oxygens (including phenoxy) is 8. The molecule has 3 saturated heterocycles. The first-order valence-corrected chi connectivity index (χ1v) is 41.6. The van der Waals surface area contributed by atoms with Gasteiger partial charge in [0.25, 0.3) is 0 Å². The van der Waals surface area contributed by atoms with Gasteiger partial charge in [-0.2, -0.15) is 0 Å². The molecule has 0 amide bonds. The third kappa shape index (κ3) is 12.6. The van der Waals surface area contributed by atoms with Gasteiger partial charge in [0.05, 0.1) is 72.1 Å². The average Bonchev–Trinajstić information content (AvgIpc) is 0.680. The number of carbonyl (C=O) groups excluding carboxylic acids is 8. The number of esters is 5. The van der Waals surface area contributed by atoms with E-state index in [0.717, 1.165) is 30.6 Å². The topological polar surface area (TPSA) is 312 Å². The van der Waals surface area contributed by atoms with E-state index in [1.54, 1.807) is 63.2 Å². The Morgan fingerprint density at radius 3 is 1.18 bits per heavy atom. The fourth-order valence-corrected chi connectivity index (χ4v) is 25.4. The van der Waals surface area contributed by atoms with Crippen molar-refractivity contribution in [3.8, 4) is 0 Å². The van der Waals surface area contributed by atoms with E-state index in [1.807, 2.05) is 57.2 Å². The first-order chi connectivity index (χ1) is 54.0. The van der Waals surface area contributed by atoms with Crippen LogP contribution in [0.4, 0.5) is 0 Å². The summed E-state index contributed by atoms with van der Waals surface area (Å²) in [6.07, 6.45) is -4.70. The van der Waals surface area contributed by atoms with E-state index in [2.05, 4.69) is 103 Å². The number of Topliss-reactive ketones (excluding diaryl/α,β-unsaturated/α-hetero) is 3. The second-order valence-corrected chi connectivity index (χ2v) is 39.2. The zero-order valence-corrected chi connectivity index (χ0v) is 71.8. The van der Waals surface area contributed by atoms with Crippen LogP contribution in [-0.2, 0) is 61.9 Å². The fourth-order valence-electron chi connectivity index (χ4n) is 25.4. The molecule has 22 heteroatoms. The van der Waals surface area contributed by atoms with Gasteiger partial charge in [0, 0.05) is 78.2 Å². The minimum Gasteiger partial charge on any atom is -0.458 e. The molecule has 12 aliphatic rings. The molecule has 117 heavy (non-hydrogen) atoms. The molecule has 3 aromatic rings. The molecule has 631 valence electrons. The molecule has 3 aliphatic heterocycles. The van der Waals surface area contributed by atoms with E-state index in [0.29, 0.717) is 29.5 Å². The van der Waals surface area contributed by atoms with Gasteiger partial charge in [-0.25, -0.2) is 24.0 Å². The predicted molar refractivity (Wildman–Crippen MR) is 436 cm³/mol. The molecule has 3 heterocycles. The minimum atomic E-state index is -2.09. The maximum absolute atomic E-state index is 14.9. The molecule has 27 atom stereocenters. The third-order valence-corrected chi connectivity index (χ3v) is 33.2. The minimum absolute atomic E-state index is 0. The van der Waals surface area contributed by atoms with Gasteiger partial charge in [0.2, 0.25) is 0 Å².